The first kappa shape index (κ1) is 13.1. The zero-order chi connectivity index (χ0) is 13.1. The molecule has 0 radical (unpaired) electrons. The largest absolute Gasteiger partial charge is 0.480 e. The molecule has 0 aliphatic carbocycles. The average molecular weight is 253 g/mol. The van der Waals surface area contributed by atoms with Crippen molar-refractivity contribution in [3.8, 4) is 0 Å². The minimum absolute atomic E-state index is 0.0103. The topological polar surface area (TPSA) is 75.6 Å². The fraction of sp³-hybridized carbons (Fsp3) is 0.692. The maximum absolute atomic E-state index is 12.0. The molecule has 2 aliphatic heterocycles. The van der Waals surface area contributed by atoms with E-state index in [4.69, 9.17) is 9.84 Å². The molecule has 0 aromatic rings. The van der Waals surface area contributed by atoms with Crippen LogP contribution in [0.15, 0.2) is 12.7 Å². The zero-order valence-electron chi connectivity index (χ0n) is 10.3. The van der Waals surface area contributed by atoms with Crippen molar-refractivity contribution in [1.82, 2.24) is 5.32 Å². The van der Waals surface area contributed by atoms with Gasteiger partial charge in [-0.1, -0.05) is 6.08 Å². The summed E-state index contributed by atoms with van der Waals surface area (Å²) < 4.78 is 5.60. The van der Waals surface area contributed by atoms with Gasteiger partial charge in [-0.25, -0.2) is 4.79 Å². The summed E-state index contributed by atoms with van der Waals surface area (Å²) in [5, 5.41) is 11.7. The van der Waals surface area contributed by atoms with Gasteiger partial charge in [0, 0.05) is 0 Å². The lowest BCUT2D eigenvalue weighted by molar-refractivity contribution is -0.143. The smallest absolute Gasteiger partial charge is 0.326 e. The van der Waals surface area contributed by atoms with Gasteiger partial charge in [-0.15, -0.1) is 6.58 Å². The fourth-order valence-corrected chi connectivity index (χ4v) is 2.73. The van der Waals surface area contributed by atoms with E-state index in [1.54, 1.807) is 6.08 Å². The maximum Gasteiger partial charge on any atom is 0.326 e. The molecule has 5 nitrogen and oxygen atoms in total. The number of nitrogens with one attached hydrogen (secondary N) is 1. The quantitative estimate of drug-likeness (QED) is 0.695. The van der Waals surface area contributed by atoms with E-state index in [1.165, 1.54) is 0 Å². The number of hydrogen-bond donors (Lipinski definition) is 2. The summed E-state index contributed by atoms with van der Waals surface area (Å²) in [6.45, 7) is 3.55. The van der Waals surface area contributed by atoms with Crippen LogP contribution in [0.3, 0.4) is 0 Å². The summed E-state index contributed by atoms with van der Waals surface area (Å²) >= 11 is 0. The third kappa shape index (κ3) is 2.72. The van der Waals surface area contributed by atoms with E-state index in [1.807, 2.05) is 0 Å². The summed E-state index contributed by atoms with van der Waals surface area (Å²) in [5.74, 6) is -1.35. The highest BCUT2D eigenvalue weighted by Gasteiger charge is 2.44. The normalized spacial score (nSPS) is 31.0. The van der Waals surface area contributed by atoms with Crippen LogP contribution in [-0.2, 0) is 14.3 Å². The molecule has 2 heterocycles. The molecule has 2 rings (SSSR count). The van der Waals surface area contributed by atoms with Gasteiger partial charge in [-0.2, -0.15) is 0 Å². The van der Waals surface area contributed by atoms with E-state index < -0.39 is 12.0 Å². The minimum atomic E-state index is -0.991. The molecule has 5 heteroatoms. The van der Waals surface area contributed by atoms with Crippen molar-refractivity contribution < 1.29 is 19.4 Å². The van der Waals surface area contributed by atoms with E-state index in [-0.39, 0.29) is 24.0 Å². The van der Waals surface area contributed by atoms with E-state index >= 15 is 0 Å². The lowest BCUT2D eigenvalue weighted by atomic mass is 9.88. The maximum atomic E-state index is 12.0. The van der Waals surface area contributed by atoms with Crippen LogP contribution in [0.4, 0.5) is 0 Å². The predicted octanol–water partition coefficient (Wildman–Crippen LogP) is 1.09. The molecular formula is C13H19NO4. The number of carboxylic acids is 1. The third-order valence-corrected chi connectivity index (χ3v) is 3.72. The minimum Gasteiger partial charge on any atom is -0.480 e. The number of aliphatic carboxylic acids is 1. The Morgan fingerprint density at radius 2 is 2.28 bits per heavy atom. The van der Waals surface area contributed by atoms with Gasteiger partial charge in [0.25, 0.3) is 0 Å². The van der Waals surface area contributed by atoms with Crippen LogP contribution in [0, 0.1) is 5.92 Å². The number of carbonyl (C=O) groups excluding carboxylic acids is 1. The highest BCUT2D eigenvalue weighted by molar-refractivity contribution is 5.85. The van der Waals surface area contributed by atoms with Gasteiger partial charge in [0.15, 0.2) is 0 Å². The Morgan fingerprint density at radius 3 is 2.78 bits per heavy atom. The summed E-state index contributed by atoms with van der Waals surface area (Å²) in [6, 6.07) is -0.824. The van der Waals surface area contributed by atoms with Crippen molar-refractivity contribution in [2.75, 3.05) is 0 Å². The Kier molecular flexibility index (Phi) is 4.01. The van der Waals surface area contributed by atoms with Gasteiger partial charge in [0.2, 0.25) is 5.91 Å². The molecule has 0 aromatic carbocycles. The molecule has 2 aliphatic rings. The van der Waals surface area contributed by atoms with E-state index in [9.17, 15) is 9.59 Å². The molecule has 2 bridgehead atoms. The third-order valence-electron chi connectivity index (χ3n) is 3.72. The number of ether oxygens (including phenoxy) is 1. The molecule has 0 spiro atoms. The van der Waals surface area contributed by atoms with Gasteiger partial charge in [-0.05, 0) is 32.1 Å². The lowest BCUT2D eigenvalue weighted by Gasteiger charge is -2.21. The van der Waals surface area contributed by atoms with Crippen molar-refractivity contribution >= 4 is 11.9 Å². The van der Waals surface area contributed by atoms with E-state index in [0.717, 1.165) is 19.3 Å². The van der Waals surface area contributed by atoms with Crippen LogP contribution in [-0.4, -0.2) is 35.2 Å². The number of carbonyl (C=O) groups is 2. The first-order valence-electron chi connectivity index (χ1n) is 6.41. The number of amides is 1. The molecular weight excluding hydrogens is 234 g/mol. The van der Waals surface area contributed by atoms with Gasteiger partial charge in [-0.3, -0.25) is 4.79 Å². The number of fused-ring (bicyclic) bond motifs is 2. The summed E-state index contributed by atoms with van der Waals surface area (Å²) in [6.07, 6.45) is 5.45. The summed E-state index contributed by atoms with van der Waals surface area (Å²) in [7, 11) is 0. The fourth-order valence-electron chi connectivity index (χ4n) is 2.73. The average Bonchev–Trinajstić information content (AvgIpc) is 2.95. The van der Waals surface area contributed by atoms with E-state index in [0.29, 0.717) is 12.8 Å². The van der Waals surface area contributed by atoms with Crippen molar-refractivity contribution in [3.05, 3.63) is 12.7 Å². The van der Waals surface area contributed by atoms with Gasteiger partial charge < -0.3 is 15.2 Å². The highest BCUT2D eigenvalue weighted by atomic mass is 16.5. The Balaban J connectivity index is 1.88. The first-order chi connectivity index (χ1) is 8.61. The second-order valence-corrected chi connectivity index (χ2v) is 4.98. The van der Waals surface area contributed by atoms with E-state index in [2.05, 4.69) is 11.9 Å². The number of hydrogen-bond acceptors (Lipinski definition) is 3. The Morgan fingerprint density at radius 1 is 1.50 bits per heavy atom. The SMILES string of the molecule is C=CCCC(NC(=O)C1CC2CCC1O2)C(=O)O. The number of rotatable bonds is 6. The standard InChI is InChI=1S/C13H19NO4/c1-2-3-4-10(13(16)17)14-12(15)9-7-8-5-6-11(9)18-8/h2,8-11H,1,3-7H2,(H,14,15)(H,16,17). The van der Waals surface area contributed by atoms with Crippen LogP contribution >= 0.6 is 0 Å². The molecule has 1 amide bonds. The monoisotopic (exact) mass is 253 g/mol. The molecule has 2 fully saturated rings. The predicted molar refractivity (Wildman–Crippen MR) is 65.0 cm³/mol. The van der Waals surface area contributed by atoms with Crippen LogP contribution in [0.5, 0.6) is 0 Å². The second kappa shape index (κ2) is 5.52. The lowest BCUT2D eigenvalue weighted by Crippen LogP contribution is -2.45. The van der Waals surface area contributed by atoms with Crippen molar-refractivity contribution in [2.24, 2.45) is 5.92 Å². The zero-order valence-corrected chi connectivity index (χ0v) is 10.3. The Labute approximate surface area is 106 Å². The molecule has 0 aromatic heterocycles. The Hall–Kier alpha value is -1.36. The second-order valence-electron chi connectivity index (χ2n) is 4.98. The van der Waals surface area contributed by atoms with Gasteiger partial charge in [0.05, 0.1) is 18.1 Å². The van der Waals surface area contributed by atoms with Crippen molar-refractivity contribution in [1.29, 1.82) is 0 Å². The van der Waals surface area contributed by atoms with Crippen LogP contribution in [0.1, 0.15) is 32.1 Å². The van der Waals surface area contributed by atoms with Gasteiger partial charge >= 0.3 is 5.97 Å². The van der Waals surface area contributed by atoms with Gasteiger partial charge in [0.1, 0.15) is 6.04 Å². The molecule has 2 saturated heterocycles. The summed E-state index contributed by atoms with van der Waals surface area (Å²) in [5.41, 5.74) is 0. The number of carboxylic acid groups (broad SMARTS) is 1. The Bertz CT molecular complexity index is 355. The first-order valence-corrected chi connectivity index (χ1v) is 6.41. The molecule has 18 heavy (non-hydrogen) atoms. The van der Waals surface area contributed by atoms with Crippen LogP contribution in [0.2, 0.25) is 0 Å². The molecule has 4 atom stereocenters. The molecule has 2 N–H and O–H groups in total. The van der Waals surface area contributed by atoms with Crippen LogP contribution in [0.25, 0.3) is 0 Å². The molecule has 0 saturated carbocycles. The molecule has 4 unspecified atom stereocenters. The van der Waals surface area contributed by atoms with Crippen molar-refractivity contribution in [2.45, 2.75) is 50.4 Å². The highest BCUT2D eigenvalue weighted by Crippen LogP contribution is 2.38. The van der Waals surface area contributed by atoms with Crippen molar-refractivity contribution in [3.63, 3.8) is 0 Å². The molecule has 100 valence electrons. The summed E-state index contributed by atoms with van der Waals surface area (Å²) in [4.78, 5) is 23.1. The number of allylic oxidation sites excluding steroid dienone is 1. The van der Waals surface area contributed by atoms with Crippen LogP contribution < -0.4 is 5.32 Å².